The lowest BCUT2D eigenvalue weighted by Gasteiger charge is -2.15. The molecule has 0 saturated heterocycles. The molecule has 0 aliphatic rings. The van der Waals surface area contributed by atoms with E-state index in [9.17, 15) is 9.90 Å². The standard InChI is InChI=1S/C17H19NO2/c1-2-13-7-6-10-15(11-13)18-12-16(17(19)20)14-8-4-3-5-9-14/h3-11,16,18H,2,12H2,1H3,(H,19,20). The number of nitrogens with one attached hydrogen (secondary N) is 1. The van der Waals surface area contributed by atoms with E-state index in [0.717, 1.165) is 17.7 Å². The SMILES string of the molecule is CCc1cccc(NCC(C(=O)O)c2ccccc2)c1. The fourth-order valence-corrected chi connectivity index (χ4v) is 2.15. The average molecular weight is 269 g/mol. The molecule has 0 aliphatic carbocycles. The van der Waals surface area contributed by atoms with E-state index in [-0.39, 0.29) is 0 Å². The summed E-state index contributed by atoms with van der Waals surface area (Å²) >= 11 is 0. The summed E-state index contributed by atoms with van der Waals surface area (Å²) in [6.07, 6.45) is 0.969. The number of hydrogen-bond acceptors (Lipinski definition) is 2. The van der Waals surface area contributed by atoms with Crippen LogP contribution in [0, 0.1) is 0 Å². The van der Waals surface area contributed by atoms with Gasteiger partial charge in [0.15, 0.2) is 0 Å². The van der Waals surface area contributed by atoms with Gasteiger partial charge in [0.1, 0.15) is 0 Å². The van der Waals surface area contributed by atoms with Crippen LogP contribution in [-0.4, -0.2) is 17.6 Å². The first-order chi connectivity index (χ1) is 9.70. The minimum Gasteiger partial charge on any atom is -0.481 e. The highest BCUT2D eigenvalue weighted by Gasteiger charge is 2.19. The molecule has 20 heavy (non-hydrogen) atoms. The van der Waals surface area contributed by atoms with E-state index >= 15 is 0 Å². The fraction of sp³-hybridized carbons (Fsp3) is 0.235. The van der Waals surface area contributed by atoms with Crippen molar-refractivity contribution in [3.63, 3.8) is 0 Å². The van der Waals surface area contributed by atoms with Crippen molar-refractivity contribution in [3.05, 3.63) is 65.7 Å². The molecule has 2 N–H and O–H groups in total. The van der Waals surface area contributed by atoms with Crippen LogP contribution >= 0.6 is 0 Å². The first-order valence-corrected chi connectivity index (χ1v) is 6.81. The molecule has 0 aliphatic heterocycles. The monoisotopic (exact) mass is 269 g/mol. The van der Waals surface area contributed by atoms with E-state index in [1.54, 1.807) is 0 Å². The molecule has 0 heterocycles. The van der Waals surface area contributed by atoms with Crippen molar-refractivity contribution in [2.75, 3.05) is 11.9 Å². The molecule has 0 fully saturated rings. The van der Waals surface area contributed by atoms with Gasteiger partial charge in [0.25, 0.3) is 0 Å². The molecular formula is C17H19NO2. The molecule has 2 aromatic carbocycles. The lowest BCUT2D eigenvalue weighted by Crippen LogP contribution is -2.20. The minimum absolute atomic E-state index is 0.381. The summed E-state index contributed by atoms with van der Waals surface area (Å²) < 4.78 is 0. The molecule has 2 rings (SSSR count). The van der Waals surface area contributed by atoms with Crippen LogP contribution in [0.3, 0.4) is 0 Å². The third-order valence-corrected chi connectivity index (χ3v) is 3.35. The van der Waals surface area contributed by atoms with Crippen LogP contribution < -0.4 is 5.32 Å². The van der Waals surface area contributed by atoms with Crippen LogP contribution in [0.1, 0.15) is 24.0 Å². The third-order valence-electron chi connectivity index (χ3n) is 3.35. The minimum atomic E-state index is -0.810. The van der Waals surface area contributed by atoms with Crippen molar-refractivity contribution < 1.29 is 9.90 Å². The lowest BCUT2D eigenvalue weighted by atomic mass is 9.99. The maximum Gasteiger partial charge on any atom is 0.312 e. The second kappa shape index (κ2) is 6.75. The van der Waals surface area contributed by atoms with E-state index in [0.29, 0.717) is 6.54 Å². The Bertz CT molecular complexity index is 566. The zero-order chi connectivity index (χ0) is 14.4. The Labute approximate surface area is 119 Å². The number of aryl methyl sites for hydroxylation is 1. The summed E-state index contributed by atoms with van der Waals surface area (Å²) in [4.78, 5) is 11.4. The van der Waals surface area contributed by atoms with Crippen molar-refractivity contribution in [2.45, 2.75) is 19.3 Å². The number of anilines is 1. The maximum absolute atomic E-state index is 11.4. The van der Waals surface area contributed by atoms with E-state index in [4.69, 9.17) is 0 Å². The molecule has 3 nitrogen and oxygen atoms in total. The van der Waals surface area contributed by atoms with E-state index in [1.165, 1.54) is 5.56 Å². The van der Waals surface area contributed by atoms with Crippen LogP contribution in [0.2, 0.25) is 0 Å². The zero-order valence-corrected chi connectivity index (χ0v) is 11.5. The van der Waals surface area contributed by atoms with E-state index in [1.807, 2.05) is 42.5 Å². The average Bonchev–Trinajstić information content (AvgIpc) is 2.48. The van der Waals surface area contributed by atoms with E-state index < -0.39 is 11.9 Å². The van der Waals surface area contributed by atoms with Crippen molar-refractivity contribution in [3.8, 4) is 0 Å². The molecule has 0 spiro atoms. The second-order valence-corrected chi connectivity index (χ2v) is 4.74. The van der Waals surface area contributed by atoms with Gasteiger partial charge >= 0.3 is 5.97 Å². The Morgan fingerprint density at radius 3 is 2.55 bits per heavy atom. The van der Waals surface area contributed by atoms with Gasteiger partial charge in [0.2, 0.25) is 0 Å². The number of carboxylic acid groups (broad SMARTS) is 1. The summed E-state index contributed by atoms with van der Waals surface area (Å²) in [5, 5.41) is 12.6. The van der Waals surface area contributed by atoms with Crippen LogP contribution in [0.5, 0.6) is 0 Å². The number of hydrogen-bond donors (Lipinski definition) is 2. The zero-order valence-electron chi connectivity index (χ0n) is 11.5. The Hall–Kier alpha value is -2.29. The Morgan fingerprint density at radius 1 is 1.15 bits per heavy atom. The molecule has 104 valence electrons. The van der Waals surface area contributed by atoms with Crippen molar-refractivity contribution in [1.29, 1.82) is 0 Å². The molecule has 1 atom stereocenters. The topological polar surface area (TPSA) is 49.3 Å². The molecule has 0 bridgehead atoms. The highest BCUT2D eigenvalue weighted by Crippen LogP contribution is 2.18. The summed E-state index contributed by atoms with van der Waals surface area (Å²) in [5.74, 6) is -1.35. The molecule has 3 heteroatoms. The normalized spacial score (nSPS) is 11.8. The Morgan fingerprint density at radius 2 is 1.90 bits per heavy atom. The third kappa shape index (κ3) is 3.60. The molecular weight excluding hydrogens is 250 g/mol. The molecule has 2 aromatic rings. The second-order valence-electron chi connectivity index (χ2n) is 4.74. The summed E-state index contributed by atoms with van der Waals surface area (Å²) in [6.45, 7) is 2.48. The number of carbonyl (C=O) groups is 1. The van der Waals surface area contributed by atoms with Crippen LogP contribution in [0.15, 0.2) is 54.6 Å². The van der Waals surface area contributed by atoms with Gasteiger partial charge in [0.05, 0.1) is 5.92 Å². The molecule has 0 saturated carbocycles. The first kappa shape index (κ1) is 14.1. The van der Waals surface area contributed by atoms with Gasteiger partial charge in [-0.05, 0) is 29.7 Å². The van der Waals surface area contributed by atoms with Crippen molar-refractivity contribution >= 4 is 11.7 Å². The van der Waals surface area contributed by atoms with Crippen molar-refractivity contribution in [1.82, 2.24) is 0 Å². The highest BCUT2D eigenvalue weighted by atomic mass is 16.4. The van der Waals surface area contributed by atoms with Crippen molar-refractivity contribution in [2.24, 2.45) is 0 Å². The molecule has 0 radical (unpaired) electrons. The summed E-state index contributed by atoms with van der Waals surface area (Å²) in [6, 6.07) is 17.4. The molecule has 0 aromatic heterocycles. The van der Waals surface area contributed by atoms with Gasteiger partial charge in [-0.15, -0.1) is 0 Å². The largest absolute Gasteiger partial charge is 0.481 e. The summed E-state index contributed by atoms with van der Waals surface area (Å²) in [7, 11) is 0. The Balaban J connectivity index is 2.08. The predicted octanol–water partition coefficient (Wildman–Crippen LogP) is 3.53. The quantitative estimate of drug-likeness (QED) is 0.843. The van der Waals surface area contributed by atoms with Gasteiger partial charge in [-0.25, -0.2) is 0 Å². The van der Waals surface area contributed by atoms with Gasteiger partial charge in [-0.3, -0.25) is 4.79 Å². The predicted molar refractivity (Wildman–Crippen MR) is 81.1 cm³/mol. The maximum atomic E-state index is 11.4. The van der Waals surface area contributed by atoms with Gasteiger partial charge in [0, 0.05) is 12.2 Å². The number of aliphatic carboxylic acids is 1. The molecule has 1 unspecified atom stereocenters. The first-order valence-electron chi connectivity index (χ1n) is 6.81. The summed E-state index contributed by atoms with van der Waals surface area (Å²) in [5.41, 5.74) is 3.02. The Kier molecular flexibility index (Phi) is 4.77. The molecule has 0 amide bonds. The number of carboxylic acids is 1. The van der Waals surface area contributed by atoms with Gasteiger partial charge < -0.3 is 10.4 Å². The van der Waals surface area contributed by atoms with Crippen LogP contribution in [0.25, 0.3) is 0 Å². The fourth-order valence-electron chi connectivity index (χ4n) is 2.15. The smallest absolute Gasteiger partial charge is 0.312 e. The lowest BCUT2D eigenvalue weighted by molar-refractivity contribution is -0.138. The van der Waals surface area contributed by atoms with Crippen LogP contribution in [-0.2, 0) is 11.2 Å². The van der Waals surface area contributed by atoms with Gasteiger partial charge in [-0.1, -0.05) is 49.4 Å². The number of benzene rings is 2. The van der Waals surface area contributed by atoms with E-state index in [2.05, 4.69) is 24.4 Å². The van der Waals surface area contributed by atoms with Gasteiger partial charge in [-0.2, -0.15) is 0 Å². The highest BCUT2D eigenvalue weighted by molar-refractivity contribution is 5.77. The number of rotatable bonds is 6. The van der Waals surface area contributed by atoms with Crippen LogP contribution in [0.4, 0.5) is 5.69 Å².